The fraction of sp³-hybridized carbons (Fsp3) is 0.667. The zero-order chi connectivity index (χ0) is 7.84. The van der Waals surface area contributed by atoms with Gasteiger partial charge in [0.05, 0.1) is 0 Å². The number of carboxylic acid groups (broad SMARTS) is 1. The van der Waals surface area contributed by atoms with Crippen molar-refractivity contribution in [3.05, 3.63) is 11.6 Å². The van der Waals surface area contributed by atoms with E-state index < -0.39 is 5.97 Å². The molecule has 76 valence electrons. The van der Waals surface area contributed by atoms with Gasteiger partial charge in [0.15, 0.2) is 0 Å². The summed E-state index contributed by atoms with van der Waals surface area (Å²) in [6.45, 7) is 0. The Morgan fingerprint density at radius 1 is 1.31 bits per heavy atom. The minimum atomic E-state index is -0.695. The highest BCUT2D eigenvalue weighted by atomic mass is 127. The number of carboxylic acids is 1. The fourth-order valence-electron chi connectivity index (χ4n) is 2.17. The molecule has 2 atom stereocenters. The SMILES string of the molecule is I.I.O=C(O)C1=CCCC2CCC12. The molecule has 2 nitrogen and oxygen atoms in total. The molecule has 0 aromatic rings. The third-order valence-corrected chi connectivity index (χ3v) is 2.97. The maximum absolute atomic E-state index is 10.7. The summed E-state index contributed by atoms with van der Waals surface area (Å²) in [6, 6.07) is 0. The van der Waals surface area contributed by atoms with E-state index in [0.717, 1.165) is 12.8 Å². The Balaban J connectivity index is 0.000000720. The van der Waals surface area contributed by atoms with Crippen LogP contribution in [0.4, 0.5) is 0 Å². The number of aliphatic carboxylic acids is 1. The van der Waals surface area contributed by atoms with E-state index in [9.17, 15) is 4.79 Å². The van der Waals surface area contributed by atoms with Crippen LogP contribution in [-0.2, 0) is 4.79 Å². The van der Waals surface area contributed by atoms with Crippen LogP contribution in [-0.4, -0.2) is 11.1 Å². The highest BCUT2D eigenvalue weighted by Crippen LogP contribution is 2.45. The predicted molar refractivity (Wildman–Crippen MR) is 72.0 cm³/mol. The Morgan fingerprint density at radius 3 is 2.38 bits per heavy atom. The van der Waals surface area contributed by atoms with Crippen LogP contribution >= 0.6 is 48.0 Å². The second kappa shape index (κ2) is 5.53. The molecule has 0 aliphatic heterocycles. The van der Waals surface area contributed by atoms with Crippen LogP contribution in [0.2, 0.25) is 0 Å². The van der Waals surface area contributed by atoms with Gasteiger partial charge in [0.1, 0.15) is 0 Å². The summed E-state index contributed by atoms with van der Waals surface area (Å²) >= 11 is 0. The molecule has 1 fully saturated rings. The van der Waals surface area contributed by atoms with Crippen molar-refractivity contribution in [3.8, 4) is 0 Å². The number of rotatable bonds is 1. The Hall–Kier alpha value is 0.670. The minimum Gasteiger partial charge on any atom is -0.478 e. The molecule has 0 heterocycles. The van der Waals surface area contributed by atoms with Gasteiger partial charge in [-0.25, -0.2) is 4.79 Å². The van der Waals surface area contributed by atoms with Crippen molar-refractivity contribution >= 4 is 53.9 Å². The van der Waals surface area contributed by atoms with Crippen molar-refractivity contribution in [2.24, 2.45) is 11.8 Å². The third kappa shape index (κ3) is 2.57. The predicted octanol–water partition coefficient (Wildman–Crippen LogP) is 3.05. The molecule has 1 N–H and O–H groups in total. The van der Waals surface area contributed by atoms with Crippen LogP contribution in [0.3, 0.4) is 0 Å². The molecule has 2 aliphatic rings. The summed E-state index contributed by atoms with van der Waals surface area (Å²) in [5.74, 6) is 0.409. The van der Waals surface area contributed by atoms with Crippen LogP contribution < -0.4 is 0 Å². The monoisotopic (exact) mass is 408 g/mol. The molecule has 0 amide bonds. The minimum absolute atomic E-state index is 0. The summed E-state index contributed by atoms with van der Waals surface area (Å²) in [5, 5.41) is 8.79. The second-order valence-corrected chi connectivity index (χ2v) is 3.49. The van der Waals surface area contributed by atoms with Crippen molar-refractivity contribution in [2.45, 2.75) is 25.7 Å². The zero-order valence-corrected chi connectivity index (χ0v) is 11.9. The smallest absolute Gasteiger partial charge is 0.331 e. The first-order chi connectivity index (χ1) is 5.29. The van der Waals surface area contributed by atoms with Crippen molar-refractivity contribution in [3.63, 3.8) is 0 Å². The number of fused-ring (bicyclic) bond motifs is 1. The van der Waals surface area contributed by atoms with Gasteiger partial charge in [-0.15, -0.1) is 48.0 Å². The zero-order valence-electron chi connectivity index (χ0n) is 7.23. The largest absolute Gasteiger partial charge is 0.478 e. The first kappa shape index (κ1) is 13.7. The Bertz CT molecular complexity index is 226. The van der Waals surface area contributed by atoms with Crippen molar-refractivity contribution in [1.29, 1.82) is 0 Å². The van der Waals surface area contributed by atoms with Gasteiger partial charge in [0.2, 0.25) is 0 Å². The lowest BCUT2D eigenvalue weighted by Gasteiger charge is -2.39. The highest BCUT2D eigenvalue weighted by Gasteiger charge is 2.37. The standard InChI is InChI=1S/C9H12O2.2HI/c10-9(11)8-3-1-2-6-4-5-7(6)8;;/h3,6-7H,1-2,4-5H2,(H,10,11);2*1H. The summed E-state index contributed by atoms with van der Waals surface area (Å²) in [6.07, 6.45) is 6.44. The van der Waals surface area contributed by atoms with Gasteiger partial charge in [-0.1, -0.05) is 6.08 Å². The van der Waals surface area contributed by atoms with Gasteiger partial charge in [0.25, 0.3) is 0 Å². The summed E-state index contributed by atoms with van der Waals surface area (Å²) in [7, 11) is 0. The summed E-state index contributed by atoms with van der Waals surface area (Å²) in [5.41, 5.74) is 0.688. The lowest BCUT2D eigenvalue weighted by Crippen LogP contribution is -2.32. The molecule has 2 aliphatic carbocycles. The molecule has 0 bridgehead atoms. The van der Waals surface area contributed by atoms with Crippen LogP contribution in [0.1, 0.15) is 25.7 Å². The van der Waals surface area contributed by atoms with Crippen molar-refractivity contribution in [1.82, 2.24) is 0 Å². The molecule has 0 aromatic carbocycles. The fourth-order valence-corrected chi connectivity index (χ4v) is 2.17. The van der Waals surface area contributed by atoms with Crippen LogP contribution in [0.5, 0.6) is 0 Å². The lowest BCUT2D eigenvalue weighted by molar-refractivity contribution is -0.134. The average Bonchev–Trinajstić information content (AvgIpc) is 1.90. The molecule has 0 saturated heterocycles. The van der Waals surface area contributed by atoms with E-state index in [1.807, 2.05) is 6.08 Å². The van der Waals surface area contributed by atoms with E-state index >= 15 is 0 Å². The maximum Gasteiger partial charge on any atom is 0.331 e. The van der Waals surface area contributed by atoms with E-state index in [1.165, 1.54) is 12.8 Å². The molecule has 0 radical (unpaired) electrons. The van der Waals surface area contributed by atoms with E-state index in [2.05, 4.69) is 0 Å². The van der Waals surface area contributed by atoms with Crippen LogP contribution in [0, 0.1) is 11.8 Å². The molecule has 0 aromatic heterocycles. The molecule has 1 saturated carbocycles. The Labute approximate surface area is 112 Å². The van der Waals surface area contributed by atoms with E-state index in [1.54, 1.807) is 0 Å². The van der Waals surface area contributed by atoms with Gasteiger partial charge in [-0.2, -0.15) is 0 Å². The molecule has 2 rings (SSSR count). The van der Waals surface area contributed by atoms with Gasteiger partial charge in [-0.05, 0) is 37.5 Å². The topological polar surface area (TPSA) is 37.3 Å². The van der Waals surface area contributed by atoms with Gasteiger partial charge in [-0.3, -0.25) is 0 Å². The first-order valence-corrected chi connectivity index (χ1v) is 4.22. The Morgan fingerprint density at radius 2 is 2.00 bits per heavy atom. The van der Waals surface area contributed by atoms with Crippen LogP contribution in [0.25, 0.3) is 0 Å². The quantitative estimate of drug-likeness (QED) is 0.678. The molecule has 4 heteroatoms. The molecule has 0 spiro atoms. The van der Waals surface area contributed by atoms with Gasteiger partial charge >= 0.3 is 5.97 Å². The third-order valence-electron chi connectivity index (χ3n) is 2.97. The van der Waals surface area contributed by atoms with Crippen molar-refractivity contribution < 1.29 is 9.90 Å². The number of hydrogen-bond acceptors (Lipinski definition) is 1. The molecule has 2 unspecified atom stereocenters. The molecular weight excluding hydrogens is 394 g/mol. The van der Waals surface area contributed by atoms with E-state index in [-0.39, 0.29) is 48.0 Å². The normalized spacial score (nSPS) is 29.7. The molecule has 13 heavy (non-hydrogen) atoms. The lowest BCUT2D eigenvalue weighted by atomic mass is 9.65. The second-order valence-electron chi connectivity index (χ2n) is 3.49. The number of hydrogen-bond donors (Lipinski definition) is 1. The number of allylic oxidation sites excluding steroid dienone is 1. The summed E-state index contributed by atoms with van der Waals surface area (Å²) < 4.78 is 0. The first-order valence-electron chi connectivity index (χ1n) is 4.22. The highest BCUT2D eigenvalue weighted by molar-refractivity contribution is 14.0. The average molecular weight is 408 g/mol. The van der Waals surface area contributed by atoms with E-state index in [0.29, 0.717) is 17.4 Å². The van der Waals surface area contributed by atoms with Crippen LogP contribution in [0.15, 0.2) is 11.6 Å². The maximum atomic E-state index is 10.7. The molecular formula is C9H14I2O2. The summed E-state index contributed by atoms with van der Waals surface area (Å²) in [4.78, 5) is 10.7. The van der Waals surface area contributed by atoms with Gasteiger partial charge < -0.3 is 5.11 Å². The van der Waals surface area contributed by atoms with Crippen molar-refractivity contribution in [2.75, 3.05) is 0 Å². The van der Waals surface area contributed by atoms with E-state index in [4.69, 9.17) is 5.11 Å². The van der Waals surface area contributed by atoms with Gasteiger partial charge in [0, 0.05) is 5.57 Å². The number of halogens is 2. The Kier molecular flexibility index (Phi) is 5.81. The number of carbonyl (C=O) groups is 1.